The van der Waals surface area contributed by atoms with E-state index in [1.54, 1.807) is 17.2 Å². The van der Waals surface area contributed by atoms with E-state index < -0.39 is 0 Å². The summed E-state index contributed by atoms with van der Waals surface area (Å²) < 4.78 is 15.0. The van der Waals surface area contributed by atoms with Crippen LogP contribution >= 0.6 is 0 Å². The van der Waals surface area contributed by atoms with Gasteiger partial charge in [0.15, 0.2) is 0 Å². The minimum absolute atomic E-state index is 0.00581. The number of amides is 2. The summed E-state index contributed by atoms with van der Waals surface area (Å²) in [5, 5.41) is 9.12. The zero-order valence-corrected chi connectivity index (χ0v) is 19.9. The number of fused-ring (bicyclic) bond motifs is 1. The highest BCUT2D eigenvalue weighted by molar-refractivity contribution is 6.05. The van der Waals surface area contributed by atoms with E-state index in [1.807, 2.05) is 6.07 Å². The first-order chi connectivity index (χ1) is 17.1. The van der Waals surface area contributed by atoms with Gasteiger partial charge in [-0.2, -0.15) is 4.98 Å². The van der Waals surface area contributed by atoms with Gasteiger partial charge in [0.2, 0.25) is 17.8 Å². The Bertz CT molecular complexity index is 1080. The average Bonchev–Trinajstić information content (AvgIpc) is 3.39. The Balaban J connectivity index is 1.44. The molecule has 35 heavy (non-hydrogen) atoms. The SMILES string of the molecule is O=C1CC(=O)N(C2CCCC2)c2nc(Nc3ccc(N4CCNCC4)cc3F)ncc2CCCN1. The molecule has 5 rings (SSSR count). The molecular formula is C25H32FN7O2. The van der Waals surface area contributed by atoms with E-state index in [9.17, 15) is 9.59 Å². The first kappa shape index (κ1) is 23.5. The van der Waals surface area contributed by atoms with Gasteiger partial charge in [-0.15, -0.1) is 0 Å². The van der Waals surface area contributed by atoms with Gasteiger partial charge in [-0.25, -0.2) is 9.37 Å². The van der Waals surface area contributed by atoms with Gasteiger partial charge in [-0.3, -0.25) is 14.5 Å². The normalized spacial score (nSPS) is 19.9. The molecule has 1 saturated carbocycles. The van der Waals surface area contributed by atoms with Crippen LogP contribution in [0.3, 0.4) is 0 Å². The van der Waals surface area contributed by atoms with Crippen LogP contribution in [0.4, 0.5) is 27.5 Å². The second kappa shape index (κ2) is 10.6. The molecule has 3 N–H and O–H groups in total. The van der Waals surface area contributed by atoms with Crippen molar-refractivity contribution in [1.29, 1.82) is 0 Å². The molecule has 2 fully saturated rings. The number of rotatable bonds is 4. The predicted molar refractivity (Wildman–Crippen MR) is 132 cm³/mol. The highest BCUT2D eigenvalue weighted by Gasteiger charge is 2.32. The van der Waals surface area contributed by atoms with Crippen LogP contribution in [-0.2, 0) is 16.0 Å². The summed E-state index contributed by atoms with van der Waals surface area (Å²) in [7, 11) is 0. The molecule has 10 heteroatoms. The zero-order chi connectivity index (χ0) is 24.2. The molecule has 186 valence electrons. The van der Waals surface area contributed by atoms with Gasteiger partial charge in [-0.1, -0.05) is 12.8 Å². The number of halogens is 1. The second-order valence-corrected chi connectivity index (χ2v) is 9.40. The van der Waals surface area contributed by atoms with E-state index in [0.717, 1.165) is 69.5 Å². The molecule has 1 aliphatic carbocycles. The molecule has 3 aliphatic rings. The quantitative estimate of drug-likeness (QED) is 0.577. The van der Waals surface area contributed by atoms with Crippen molar-refractivity contribution in [3.63, 3.8) is 0 Å². The molecule has 2 aliphatic heterocycles. The summed E-state index contributed by atoms with van der Waals surface area (Å²) in [6.07, 6.45) is 6.71. The molecular weight excluding hydrogens is 449 g/mol. The molecule has 1 saturated heterocycles. The molecule has 2 aromatic rings. The largest absolute Gasteiger partial charge is 0.369 e. The standard InChI is InChI=1S/C25H32FN7O2/c26-20-14-19(32-12-10-27-11-13-32)7-8-21(20)30-25-29-16-17-4-3-9-28-22(34)15-23(35)33(24(17)31-25)18-5-1-2-6-18/h7-8,14,16,18,27H,1-6,9-13,15H2,(H,28,34)(H,29,30,31). The third-order valence-electron chi connectivity index (χ3n) is 6.97. The van der Waals surface area contributed by atoms with Crippen LogP contribution in [0.5, 0.6) is 0 Å². The van der Waals surface area contributed by atoms with E-state index >= 15 is 4.39 Å². The fourth-order valence-corrected chi connectivity index (χ4v) is 5.14. The monoisotopic (exact) mass is 481 g/mol. The van der Waals surface area contributed by atoms with Crippen molar-refractivity contribution in [2.75, 3.05) is 47.8 Å². The lowest BCUT2D eigenvalue weighted by Crippen LogP contribution is -2.43. The van der Waals surface area contributed by atoms with Crippen LogP contribution < -0.4 is 25.8 Å². The number of aromatic nitrogens is 2. The fraction of sp³-hybridized carbons (Fsp3) is 0.520. The van der Waals surface area contributed by atoms with Gasteiger partial charge in [0.1, 0.15) is 18.1 Å². The molecule has 0 atom stereocenters. The Hall–Kier alpha value is -3.27. The third kappa shape index (κ3) is 5.37. The molecule has 2 amide bonds. The zero-order valence-electron chi connectivity index (χ0n) is 19.9. The molecule has 0 unspecified atom stereocenters. The van der Waals surface area contributed by atoms with Crippen molar-refractivity contribution >= 4 is 35.0 Å². The van der Waals surface area contributed by atoms with Crippen molar-refractivity contribution < 1.29 is 14.0 Å². The van der Waals surface area contributed by atoms with E-state index in [2.05, 4.69) is 25.8 Å². The second-order valence-electron chi connectivity index (χ2n) is 9.40. The average molecular weight is 482 g/mol. The first-order valence-corrected chi connectivity index (χ1v) is 12.6. The Morgan fingerprint density at radius 1 is 1.06 bits per heavy atom. The topological polar surface area (TPSA) is 102 Å². The van der Waals surface area contributed by atoms with Crippen molar-refractivity contribution in [1.82, 2.24) is 20.6 Å². The van der Waals surface area contributed by atoms with Crippen LogP contribution in [0.15, 0.2) is 24.4 Å². The fourth-order valence-electron chi connectivity index (χ4n) is 5.14. The summed E-state index contributed by atoms with van der Waals surface area (Å²) in [6.45, 7) is 3.93. The van der Waals surface area contributed by atoms with E-state index in [1.165, 1.54) is 6.07 Å². The van der Waals surface area contributed by atoms with Gasteiger partial charge in [0, 0.05) is 56.2 Å². The minimum atomic E-state index is -0.384. The number of hydrogen-bond acceptors (Lipinski definition) is 7. The maximum absolute atomic E-state index is 15.0. The maximum atomic E-state index is 15.0. The Morgan fingerprint density at radius 3 is 2.63 bits per heavy atom. The number of carbonyl (C=O) groups excluding carboxylic acids is 2. The van der Waals surface area contributed by atoms with Gasteiger partial charge in [0.25, 0.3) is 0 Å². The Kier molecular flexibility index (Phi) is 7.08. The van der Waals surface area contributed by atoms with Crippen LogP contribution in [0.1, 0.15) is 44.1 Å². The highest BCUT2D eigenvalue weighted by atomic mass is 19.1. The molecule has 0 radical (unpaired) electrons. The van der Waals surface area contributed by atoms with Crippen molar-refractivity contribution in [3.8, 4) is 0 Å². The summed E-state index contributed by atoms with van der Waals surface area (Å²) in [5.41, 5.74) is 1.99. The number of anilines is 4. The molecule has 9 nitrogen and oxygen atoms in total. The van der Waals surface area contributed by atoms with Gasteiger partial charge < -0.3 is 20.9 Å². The van der Waals surface area contributed by atoms with Crippen molar-refractivity contribution in [3.05, 3.63) is 35.8 Å². The van der Waals surface area contributed by atoms with Crippen LogP contribution in [-0.4, -0.2) is 60.5 Å². The third-order valence-corrected chi connectivity index (χ3v) is 6.97. The lowest BCUT2D eigenvalue weighted by Gasteiger charge is -2.30. The lowest BCUT2D eigenvalue weighted by atomic mass is 10.1. The Labute approximate surface area is 204 Å². The predicted octanol–water partition coefficient (Wildman–Crippen LogP) is 2.50. The van der Waals surface area contributed by atoms with E-state index in [4.69, 9.17) is 4.98 Å². The van der Waals surface area contributed by atoms with Crippen molar-refractivity contribution in [2.45, 2.75) is 51.0 Å². The Morgan fingerprint density at radius 2 is 1.86 bits per heavy atom. The number of carbonyl (C=O) groups is 2. The van der Waals surface area contributed by atoms with Crippen molar-refractivity contribution in [2.24, 2.45) is 0 Å². The lowest BCUT2D eigenvalue weighted by molar-refractivity contribution is -0.128. The number of nitrogens with one attached hydrogen (secondary N) is 3. The summed E-state index contributed by atoms with van der Waals surface area (Å²) in [5.74, 6) is -0.138. The summed E-state index contributed by atoms with van der Waals surface area (Å²) >= 11 is 0. The first-order valence-electron chi connectivity index (χ1n) is 12.6. The summed E-state index contributed by atoms with van der Waals surface area (Å²) in [6, 6.07) is 5.13. The van der Waals surface area contributed by atoms with Gasteiger partial charge >= 0.3 is 0 Å². The molecule has 0 bridgehead atoms. The molecule has 1 aromatic carbocycles. The van der Waals surface area contributed by atoms with Gasteiger partial charge in [-0.05, 0) is 43.9 Å². The number of aryl methyl sites for hydroxylation is 1. The van der Waals surface area contributed by atoms with Crippen LogP contribution in [0.2, 0.25) is 0 Å². The van der Waals surface area contributed by atoms with Crippen LogP contribution in [0, 0.1) is 5.82 Å². The molecule has 0 spiro atoms. The number of nitrogens with zero attached hydrogens (tertiary/aromatic N) is 4. The summed E-state index contributed by atoms with van der Waals surface area (Å²) in [4.78, 5) is 38.4. The van der Waals surface area contributed by atoms with E-state index in [-0.39, 0.29) is 41.7 Å². The number of piperazine rings is 1. The molecule has 1 aromatic heterocycles. The highest BCUT2D eigenvalue weighted by Crippen LogP contribution is 2.32. The number of hydrogen-bond donors (Lipinski definition) is 3. The van der Waals surface area contributed by atoms with E-state index in [0.29, 0.717) is 18.8 Å². The minimum Gasteiger partial charge on any atom is -0.369 e. The molecule has 3 heterocycles. The van der Waals surface area contributed by atoms with Gasteiger partial charge in [0.05, 0.1) is 5.69 Å². The van der Waals surface area contributed by atoms with Crippen LogP contribution in [0.25, 0.3) is 0 Å². The maximum Gasteiger partial charge on any atom is 0.237 e. The number of benzene rings is 1. The smallest absolute Gasteiger partial charge is 0.237 e.